The van der Waals surface area contributed by atoms with Crippen LogP contribution in [0, 0.1) is 0 Å². The molecule has 11 nitrogen and oxygen atoms in total. The summed E-state index contributed by atoms with van der Waals surface area (Å²) in [5.41, 5.74) is 0. The van der Waals surface area contributed by atoms with Gasteiger partial charge in [0.1, 0.15) is 12.7 Å². The Morgan fingerprint density at radius 3 is 0.987 bits per heavy atom. The molecule has 0 saturated heterocycles. The van der Waals surface area contributed by atoms with Gasteiger partial charge in [0.05, 0.1) is 19.8 Å². The summed E-state index contributed by atoms with van der Waals surface area (Å²) in [6, 6.07) is 0. The molecule has 76 heavy (non-hydrogen) atoms. The predicted molar refractivity (Wildman–Crippen MR) is 316 cm³/mol. The van der Waals surface area contributed by atoms with Crippen molar-refractivity contribution in [3.8, 4) is 0 Å². The highest BCUT2D eigenvalue weighted by Crippen LogP contribution is 2.43. The van der Waals surface area contributed by atoms with Crippen molar-refractivity contribution in [2.24, 2.45) is 0 Å². The van der Waals surface area contributed by atoms with E-state index >= 15 is 0 Å². The highest BCUT2D eigenvalue weighted by Gasteiger charge is 2.28. The Bertz CT molecular complexity index is 1600. The first-order valence-corrected chi connectivity index (χ1v) is 32.0. The number of carbonyl (C=O) groups excluding carboxylic acids is 3. The van der Waals surface area contributed by atoms with Crippen molar-refractivity contribution in [1.82, 2.24) is 0 Å². The van der Waals surface area contributed by atoms with E-state index in [4.69, 9.17) is 23.3 Å². The molecule has 0 spiro atoms. The summed E-state index contributed by atoms with van der Waals surface area (Å²) in [6.07, 6.45) is 66.7. The number of phosphoric acid groups is 1. The number of ether oxygens (including phenoxy) is 3. The third-order valence-corrected chi connectivity index (χ3v) is 13.7. The van der Waals surface area contributed by atoms with Crippen LogP contribution in [0.25, 0.3) is 0 Å². The number of aliphatic hydroxyl groups is 1. The van der Waals surface area contributed by atoms with Gasteiger partial charge in [-0.1, -0.05) is 209 Å². The van der Waals surface area contributed by atoms with E-state index in [1.165, 1.54) is 64.2 Å². The standard InChI is InChI=1S/C64H111O11P/c1-4-7-10-13-16-19-22-25-28-29-30-31-34-35-38-41-44-47-50-53-62(66)71-57-61(75-64(68)55-52-49-46-43-40-37-33-27-24-21-18-15-12-9-6-3)59-73-76(69,70)72-58-60(56-65)74-63(67)54-51-48-45-42-39-36-32-26-23-20-17-14-11-8-5-2/h16-21,25-28,30-33,60-61,65H,4-15,22-24,29,34-59H2,1-3H3,(H,69,70)/b19-16-,20-17-,21-18-,28-25-,31-30-,32-26-,33-27-. The molecule has 0 aromatic heterocycles. The summed E-state index contributed by atoms with van der Waals surface area (Å²) in [5, 5.41) is 9.83. The average molecular weight is 1090 g/mol. The minimum atomic E-state index is -4.76. The second kappa shape index (κ2) is 57.8. The molecule has 0 bridgehead atoms. The molecule has 12 heteroatoms. The van der Waals surface area contributed by atoms with Crippen molar-refractivity contribution in [2.45, 2.75) is 277 Å². The van der Waals surface area contributed by atoms with Crippen LogP contribution in [0.5, 0.6) is 0 Å². The highest BCUT2D eigenvalue weighted by molar-refractivity contribution is 7.47. The second-order valence-corrected chi connectivity index (χ2v) is 21.6. The van der Waals surface area contributed by atoms with E-state index in [2.05, 4.69) is 106 Å². The van der Waals surface area contributed by atoms with Crippen LogP contribution in [0.4, 0.5) is 0 Å². The number of hydrogen-bond acceptors (Lipinski definition) is 10. The lowest BCUT2D eigenvalue weighted by Crippen LogP contribution is -2.30. The largest absolute Gasteiger partial charge is 0.472 e. The molecule has 0 fully saturated rings. The second-order valence-electron chi connectivity index (χ2n) is 20.2. The van der Waals surface area contributed by atoms with E-state index in [0.29, 0.717) is 19.3 Å². The van der Waals surface area contributed by atoms with Crippen LogP contribution < -0.4 is 0 Å². The van der Waals surface area contributed by atoms with E-state index in [1.54, 1.807) is 0 Å². The Hall–Kier alpha value is -3.34. The van der Waals surface area contributed by atoms with E-state index < -0.39 is 57.8 Å². The minimum Gasteiger partial charge on any atom is -0.462 e. The number of hydrogen-bond donors (Lipinski definition) is 2. The van der Waals surface area contributed by atoms with Crippen LogP contribution >= 0.6 is 7.82 Å². The molecule has 0 radical (unpaired) electrons. The third-order valence-electron chi connectivity index (χ3n) is 12.8. The Kier molecular flexibility index (Phi) is 55.3. The number of aliphatic hydroxyl groups excluding tert-OH is 1. The van der Waals surface area contributed by atoms with Gasteiger partial charge in [0.15, 0.2) is 6.10 Å². The molecule has 3 unspecified atom stereocenters. The predicted octanol–water partition coefficient (Wildman–Crippen LogP) is 18.3. The Morgan fingerprint density at radius 1 is 0.368 bits per heavy atom. The summed E-state index contributed by atoms with van der Waals surface area (Å²) in [7, 11) is -4.76. The van der Waals surface area contributed by atoms with Gasteiger partial charge in [-0.05, 0) is 122 Å². The summed E-state index contributed by atoms with van der Waals surface area (Å²) in [5.74, 6) is -1.51. The lowest BCUT2D eigenvalue weighted by molar-refractivity contribution is -0.161. The lowest BCUT2D eigenvalue weighted by Gasteiger charge is -2.21. The molecule has 2 N–H and O–H groups in total. The molecule has 0 aromatic rings. The zero-order valence-corrected chi connectivity index (χ0v) is 49.3. The van der Waals surface area contributed by atoms with Gasteiger partial charge >= 0.3 is 25.7 Å². The molecule has 0 aliphatic rings. The van der Waals surface area contributed by atoms with E-state index in [-0.39, 0.29) is 25.9 Å². The summed E-state index contributed by atoms with van der Waals surface area (Å²) >= 11 is 0. The first-order valence-electron chi connectivity index (χ1n) is 30.5. The van der Waals surface area contributed by atoms with Crippen molar-refractivity contribution >= 4 is 25.7 Å². The summed E-state index contributed by atoms with van der Waals surface area (Å²) in [4.78, 5) is 48.6. The Labute approximate surface area is 464 Å². The Morgan fingerprint density at radius 2 is 0.645 bits per heavy atom. The molecule has 0 amide bonds. The van der Waals surface area contributed by atoms with Gasteiger partial charge in [0, 0.05) is 19.3 Å². The van der Waals surface area contributed by atoms with Gasteiger partial charge < -0.3 is 24.2 Å². The van der Waals surface area contributed by atoms with Crippen LogP contribution in [0.1, 0.15) is 265 Å². The van der Waals surface area contributed by atoms with Crippen molar-refractivity contribution in [2.75, 3.05) is 26.4 Å². The van der Waals surface area contributed by atoms with Gasteiger partial charge in [-0.15, -0.1) is 0 Å². The maximum atomic E-state index is 12.9. The normalized spacial score (nSPS) is 13.9. The average Bonchev–Trinajstić information content (AvgIpc) is 3.41. The fourth-order valence-electron chi connectivity index (χ4n) is 8.07. The molecule has 0 aliphatic carbocycles. The first kappa shape index (κ1) is 72.7. The SMILES string of the molecule is CCCCC/C=C\C/C=C\C/C=C\CCCCCCCCC(=O)OCC(COP(=O)(O)OCC(CO)OC(=O)CCCCCCC/C=C\C/C=C\CCCCC)OC(=O)CCCCCCC/C=C\C/C=C\CCCCC. The van der Waals surface area contributed by atoms with Crippen LogP contribution in [-0.2, 0) is 42.2 Å². The van der Waals surface area contributed by atoms with Gasteiger partial charge in [0.25, 0.3) is 0 Å². The fourth-order valence-corrected chi connectivity index (χ4v) is 8.85. The molecule has 0 aromatic carbocycles. The van der Waals surface area contributed by atoms with E-state index in [1.807, 2.05) is 0 Å². The van der Waals surface area contributed by atoms with Crippen LogP contribution in [0.15, 0.2) is 85.1 Å². The van der Waals surface area contributed by atoms with Gasteiger partial charge in [-0.25, -0.2) is 4.57 Å². The minimum absolute atomic E-state index is 0.145. The zero-order valence-electron chi connectivity index (χ0n) is 48.5. The zero-order chi connectivity index (χ0) is 55.5. The van der Waals surface area contributed by atoms with Crippen LogP contribution in [0.3, 0.4) is 0 Å². The van der Waals surface area contributed by atoms with Crippen molar-refractivity contribution in [3.05, 3.63) is 85.1 Å². The van der Waals surface area contributed by atoms with Gasteiger partial charge in [0.2, 0.25) is 0 Å². The number of carbonyl (C=O) groups is 3. The molecule has 0 heterocycles. The molecule has 3 atom stereocenters. The van der Waals surface area contributed by atoms with Crippen molar-refractivity contribution in [1.29, 1.82) is 0 Å². The smallest absolute Gasteiger partial charge is 0.462 e. The molecule has 0 saturated carbocycles. The van der Waals surface area contributed by atoms with Gasteiger partial charge in [-0.3, -0.25) is 23.4 Å². The lowest BCUT2D eigenvalue weighted by atomic mass is 10.1. The van der Waals surface area contributed by atoms with Crippen LogP contribution in [-0.4, -0.2) is 66.5 Å². The van der Waals surface area contributed by atoms with Crippen molar-refractivity contribution < 1.29 is 52.2 Å². The topological polar surface area (TPSA) is 155 Å². The number of rotatable bonds is 56. The van der Waals surface area contributed by atoms with Crippen molar-refractivity contribution in [3.63, 3.8) is 0 Å². The van der Waals surface area contributed by atoms with Crippen LogP contribution in [0.2, 0.25) is 0 Å². The number of unbranched alkanes of at least 4 members (excludes halogenated alkanes) is 25. The summed E-state index contributed by atoms with van der Waals surface area (Å²) < 4.78 is 39.6. The maximum Gasteiger partial charge on any atom is 0.472 e. The fraction of sp³-hybridized carbons (Fsp3) is 0.734. The highest BCUT2D eigenvalue weighted by atomic mass is 31.2. The van der Waals surface area contributed by atoms with E-state index in [9.17, 15) is 28.9 Å². The maximum absolute atomic E-state index is 12.9. The third kappa shape index (κ3) is 55.4. The number of allylic oxidation sites excluding steroid dienone is 14. The number of esters is 3. The Balaban J connectivity index is 4.76. The molecular formula is C64H111O11P. The molecule has 438 valence electrons. The van der Waals surface area contributed by atoms with E-state index in [0.717, 1.165) is 141 Å². The molecular weight excluding hydrogens is 976 g/mol. The molecule has 0 rings (SSSR count). The first-order chi connectivity index (χ1) is 37.2. The number of phosphoric ester groups is 1. The monoisotopic (exact) mass is 1090 g/mol. The quantitative estimate of drug-likeness (QED) is 0.0197. The summed E-state index contributed by atoms with van der Waals surface area (Å²) in [6.45, 7) is 4.53. The molecule has 0 aliphatic heterocycles. The van der Waals surface area contributed by atoms with Gasteiger partial charge in [-0.2, -0.15) is 0 Å².